The fraction of sp³-hybridized carbons (Fsp3) is 0.526. The Hall–Kier alpha value is -2.59. The number of morpholine rings is 2. The van der Waals surface area contributed by atoms with Gasteiger partial charge in [0, 0.05) is 48.9 Å². The van der Waals surface area contributed by atoms with Gasteiger partial charge in [-0.1, -0.05) is 0 Å². The lowest BCUT2D eigenvalue weighted by Crippen LogP contribution is -2.43. The van der Waals surface area contributed by atoms with Crippen LogP contribution in [0.2, 0.25) is 0 Å². The van der Waals surface area contributed by atoms with Crippen LogP contribution in [0.15, 0.2) is 12.3 Å². The van der Waals surface area contributed by atoms with Gasteiger partial charge in [-0.3, -0.25) is 0 Å². The van der Waals surface area contributed by atoms with Gasteiger partial charge in [0.05, 0.1) is 32.5 Å². The minimum atomic E-state index is -2.70. The zero-order valence-corrected chi connectivity index (χ0v) is 15.9. The first-order valence-corrected chi connectivity index (χ1v) is 9.73. The van der Waals surface area contributed by atoms with E-state index in [1.165, 1.54) is 12.3 Å². The molecule has 0 aromatic carbocycles. The SMILES string of the molecule is Nc1cc(C(F)F)c(-c2nc(N3CCOCC3)c3c(n2)N2CCOC[C@H]2C3)cn1. The van der Waals surface area contributed by atoms with Crippen molar-refractivity contribution in [3.05, 3.63) is 23.4 Å². The fourth-order valence-corrected chi connectivity index (χ4v) is 4.23. The quantitative estimate of drug-likeness (QED) is 0.826. The summed E-state index contributed by atoms with van der Waals surface area (Å²) < 4.78 is 38.5. The molecule has 154 valence electrons. The van der Waals surface area contributed by atoms with Crippen LogP contribution < -0.4 is 15.5 Å². The number of fused-ring (bicyclic) bond motifs is 3. The maximum atomic E-state index is 13.7. The number of hydrogen-bond acceptors (Lipinski definition) is 8. The number of alkyl halides is 2. The highest BCUT2D eigenvalue weighted by atomic mass is 19.3. The molecule has 0 amide bonds. The Labute approximate surface area is 166 Å². The second kappa shape index (κ2) is 7.34. The van der Waals surface area contributed by atoms with Crippen molar-refractivity contribution in [3.63, 3.8) is 0 Å². The number of ether oxygens (including phenoxy) is 2. The van der Waals surface area contributed by atoms with Crippen LogP contribution in [0.1, 0.15) is 17.6 Å². The molecule has 0 radical (unpaired) electrons. The van der Waals surface area contributed by atoms with Crippen molar-refractivity contribution in [1.82, 2.24) is 15.0 Å². The monoisotopic (exact) mass is 404 g/mol. The van der Waals surface area contributed by atoms with Gasteiger partial charge in [0.15, 0.2) is 5.82 Å². The first-order valence-electron chi connectivity index (χ1n) is 9.73. The van der Waals surface area contributed by atoms with Crippen molar-refractivity contribution in [2.75, 3.05) is 61.6 Å². The first kappa shape index (κ1) is 18.4. The summed E-state index contributed by atoms with van der Waals surface area (Å²) in [4.78, 5) is 17.8. The van der Waals surface area contributed by atoms with Gasteiger partial charge in [0.25, 0.3) is 6.43 Å². The Balaban J connectivity index is 1.66. The number of anilines is 3. The first-order chi connectivity index (χ1) is 14.1. The van der Waals surface area contributed by atoms with Crippen molar-refractivity contribution in [3.8, 4) is 11.4 Å². The number of aromatic nitrogens is 3. The molecule has 2 saturated heterocycles. The highest BCUT2D eigenvalue weighted by Gasteiger charge is 2.37. The van der Waals surface area contributed by atoms with Crippen LogP contribution in [0.4, 0.5) is 26.2 Å². The molecule has 1 atom stereocenters. The van der Waals surface area contributed by atoms with Crippen molar-refractivity contribution in [2.45, 2.75) is 18.9 Å². The third kappa shape index (κ3) is 3.25. The van der Waals surface area contributed by atoms with Crippen LogP contribution in [0.5, 0.6) is 0 Å². The average molecular weight is 404 g/mol. The number of nitrogen functional groups attached to an aromatic ring is 1. The topological polar surface area (TPSA) is 89.6 Å². The van der Waals surface area contributed by atoms with E-state index in [0.717, 1.165) is 30.2 Å². The van der Waals surface area contributed by atoms with Gasteiger partial charge in [-0.25, -0.2) is 23.7 Å². The van der Waals surface area contributed by atoms with Crippen LogP contribution in [-0.2, 0) is 15.9 Å². The number of halogens is 2. The fourth-order valence-electron chi connectivity index (χ4n) is 4.23. The molecule has 5 heterocycles. The summed E-state index contributed by atoms with van der Waals surface area (Å²) in [5, 5.41) is 0. The second-order valence-electron chi connectivity index (χ2n) is 7.40. The third-order valence-electron chi connectivity index (χ3n) is 5.65. The van der Waals surface area contributed by atoms with Crippen LogP contribution >= 0.6 is 0 Å². The molecule has 2 N–H and O–H groups in total. The number of rotatable bonds is 3. The molecule has 2 aromatic heterocycles. The second-order valence-corrected chi connectivity index (χ2v) is 7.40. The molecule has 0 spiro atoms. The van der Waals surface area contributed by atoms with E-state index in [9.17, 15) is 8.78 Å². The maximum absolute atomic E-state index is 13.7. The van der Waals surface area contributed by atoms with Crippen molar-refractivity contribution < 1.29 is 18.3 Å². The molecule has 0 unspecified atom stereocenters. The van der Waals surface area contributed by atoms with Crippen LogP contribution in [0.25, 0.3) is 11.4 Å². The van der Waals surface area contributed by atoms with E-state index in [1.54, 1.807) is 0 Å². The summed E-state index contributed by atoms with van der Waals surface area (Å²) >= 11 is 0. The molecule has 3 aliphatic rings. The molecule has 0 bridgehead atoms. The van der Waals surface area contributed by atoms with Gasteiger partial charge >= 0.3 is 0 Å². The lowest BCUT2D eigenvalue weighted by atomic mass is 10.1. The van der Waals surface area contributed by atoms with Gasteiger partial charge in [-0.15, -0.1) is 0 Å². The maximum Gasteiger partial charge on any atom is 0.264 e. The summed E-state index contributed by atoms with van der Waals surface area (Å²) in [6.45, 7) is 4.58. The summed E-state index contributed by atoms with van der Waals surface area (Å²) in [6.07, 6.45) is -0.577. The molecule has 8 nitrogen and oxygen atoms in total. The molecular formula is C19H22F2N6O2. The van der Waals surface area contributed by atoms with E-state index in [0.29, 0.717) is 39.5 Å². The van der Waals surface area contributed by atoms with E-state index in [1.807, 2.05) is 0 Å². The molecule has 0 saturated carbocycles. The zero-order valence-electron chi connectivity index (χ0n) is 15.9. The summed E-state index contributed by atoms with van der Waals surface area (Å²) in [5.74, 6) is 1.90. The van der Waals surface area contributed by atoms with E-state index in [4.69, 9.17) is 25.2 Å². The molecule has 3 aliphatic heterocycles. The van der Waals surface area contributed by atoms with Gasteiger partial charge in [-0.2, -0.15) is 0 Å². The Morgan fingerprint density at radius 1 is 1.07 bits per heavy atom. The molecular weight excluding hydrogens is 382 g/mol. The third-order valence-corrected chi connectivity index (χ3v) is 5.65. The number of pyridine rings is 1. The normalized spacial score (nSPS) is 21.4. The van der Waals surface area contributed by atoms with Crippen LogP contribution in [0, 0.1) is 0 Å². The largest absolute Gasteiger partial charge is 0.384 e. The smallest absolute Gasteiger partial charge is 0.264 e. The standard InChI is InChI=1S/C19H22F2N6O2/c20-16(21)12-8-15(22)23-9-14(12)17-24-18(26-1-4-28-5-2-26)13-7-11-10-29-6-3-27(11)19(13)25-17/h8-9,11,16H,1-7,10H2,(H2,22,23)/t11-/m1/s1. The zero-order chi connectivity index (χ0) is 20.0. The molecule has 5 rings (SSSR count). The minimum Gasteiger partial charge on any atom is -0.384 e. The Morgan fingerprint density at radius 2 is 1.83 bits per heavy atom. The molecule has 2 aromatic rings. The molecule has 29 heavy (non-hydrogen) atoms. The highest BCUT2D eigenvalue weighted by molar-refractivity contribution is 5.72. The van der Waals surface area contributed by atoms with Gasteiger partial charge in [0.2, 0.25) is 0 Å². The van der Waals surface area contributed by atoms with Gasteiger partial charge in [0.1, 0.15) is 17.5 Å². The highest BCUT2D eigenvalue weighted by Crippen LogP contribution is 2.40. The van der Waals surface area contributed by atoms with Crippen molar-refractivity contribution in [2.24, 2.45) is 0 Å². The van der Waals surface area contributed by atoms with Crippen molar-refractivity contribution >= 4 is 17.5 Å². The Morgan fingerprint density at radius 3 is 2.62 bits per heavy atom. The number of nitrogens with zero attached hydrogens (tertiary/aromatic N) is 5. The van der Waals surface area contributed by atoms with Crippen molar-refractivity contribution in [1.29, 1.82) is 0 Å². The lowest BCUT2D eigenvalue weighted by molar-refractivity contribution is 0.0973. The van der Waals surface area contributed by atoms with Crippen LogP contribution in [0.3, 0.4) is 0 Å². The Kier molecular flexibility index (Phi) is 4.67. The minimum absolute atomic E-state index is 0.0480. The number of hydrogen-bond donors (Lipinski definition) is 1. The van der Waals surface area contributed by atoms with Gasteiger partial charge in [-0.05, 0) is 6.07 Å². The summed E-state index contributed by atoms with van der Waals surface area (Å²) in [6, 6.07) is 1.39. The number of nitrogens with two attached hydrogens (primary N) is 1. The van der Waals surface area contributed by atoms with E-state index in [-0.39, 0.29) is 28.8 Å². The van der Waals surface area contributed by atoms with Gasteiger partial charge < -0.3 is 25.0 Å². The Bertz CT molecular complexity index is 922. The lowest BCUT2D eigenvalue weighted by Gasteiger charge is -2.31. The molecule has 10 heteroatoms. The molecule has 2 fully saturated rings. The predicted molar refractivity (Wildman–Crippen MR) is 103 cm³/mol. The van der Waals surface area contributed by atoms with E-state index in [2.05, 4.69) is 14.8 Å². The predicted octanol–water partition coefficient (Wildman–Crippen LogP) is 1.66. The molecule has 0 aliphatic carbocycles. The summed E-state index contributed by atoms with van der Waals surface area (Å²) in [7, 11) is 0. The van der Waals surface area contributed by atoms with Crippen LogP contribution in [-0.4, -0.2) is 67.1 Å². The average Bonchev–Trinajstić information content (AvgIpc) is 3.12. The van der Waals surface area contributed by atoms with E-state index < -0.39 is 6.43 Å². The van der Waals surface area contributed by atoms with E-state index >= 15 is 0 Å². The summed E-state index contributed by atoms with van der Waals surface area (Å²) in [5.41, 5.74) is 6.69.